The van der Waals surface area contributed by atoms with Gasteiger partial charge in [0.25, 0.3) is 0 Å². The molecule has 7 heteroatoms. The molecule has 2 rings (SSSR count). The number of rotatable bonds is 2. The number of halogens is 2. The lowest BCUT2D eigenvalue weighted by molar-refractivity contribution is -0.121. The molecular weight excluding hydrogens is 242 g/mol. The molecule has 0 aliphatic carbocycles. The van der Waals surface area contributed by atoms with E-state index in [-0.39, 0.29) is 17.5 Å². The van der Waals surface area contributed by atoms with E-state index in [2.05, 4.69) is 10.3 Å². The number of aromatic nitrogens is 1. The van der Waals surface area contributed by atoms with Crippen molar-refractivity contribution in [3.8, 4) is 0 Å². The highest BCUT2D eigenvalue weighted by molar-refractivity contribution is 5.85. The Morgan fingerprint density at radius 3 is 2.94 bits per heavy atom. The van der Waals surface area contributed by atoms with Crippen LogP contribution >= 0.6 is 0 Å². The van der Waals surface area contributed by atoms with Crippen LogP contribution in [-0.2, 0) is 4.79 Å². The molecule has 1 aliphatic rings. The zero-order valence-electron chi connectivity index (χ0n) is 9.91. The van der Waals surface area contributed by atoms with E-state index in [1.165, 1.54) is 11.9 Å². The van der Waals surface area contributed by atoms with Crippen LogP contribution in [0.2, 0.25) is 0 Å². The van der Waals surface area contributed by atoms with E-state index in [9.17, 15) is 13.6 Å². The van der Waals surface area contributed by atoms with Crippen LogP contribution < -0.4 is 16.0 Å². The predicted octanol–water partition coefficient (Wildman–Crippen LogP) is 0.657. The van der Waals surface area contributed by atoms with Crippen LogP contribution in [0.5, 0.6) is 0 Å². The van der Waals surface area contributed by atoms with Gasteiger partial charge in [-0.3, -0.25) is 4.79 Å². The second-order valence-corrected chi connectivity index (χ2v) is 4.13. The molecule has 5 nitrogen and oxygen atoms in total. The number of anilines is 2. The average Bonchev–Trinajstić information content (AvgIpc) is 2.81. The summed E-state index contributed by atoms with van der Waals surface area (Å²) < 4.78 is 26.7. The third kappa shape index (κ3) is 2.07. The van der Waals surface area contributed by atoms with Crippen LogP contribution in [0.1, 0.15) is 12.8 Å². The fourth-order valence-electron chi connectivity index (χ4n) is 2.13. The van der Waals surface area contributed by atoms with Gasteiger partial charge in [-0.1, -0.05) is 0 Å². The van der Waals surface area contributed by atoms with Gasteiger partial charge in [0.15, 0.2) is 23.3 Å². The van der Waals surface area contributed by atoms with E-state index in [4.69, 9.17) is 5.73 Å². The van der Waals surface area contributed by atoms with Gasteiger partial charge in [-0.25, -0.2) is 13.8 Å². The molecule has 1 fully saturated rings. The summed E-state index contributed by atoms with van der Waals surface area (Å²) in [5.41, 5.74) is 5.33. The molecule has 2 heterocycles. The molecule has 3 N–H and O–H groups in total. The lowest BCUT2D eigenvalue weighted by Gasteiger charge is -2.24. The largest absolute Gasteiger partial charge is 0.381 e. The topological polar surface area (TPSA) is 71.2 Å². The summed E-state index contributed by atoms with van der Waals surface area (Å²) in [5.74, 6) is -2.35. The standard InChI is InChI=1S/C11H14F2N4O/c1-15-11(18)8-3-2-4-17(8)10-7(13)5-6(12)9(14)16-10/h5,8H,2-4H2,1H3,(H2,14,16)(H,15,18). The zero-order chi connectivity index (χ0) is 13.3. The molecular formula is C11H14F2N4O. The van der Waals surface area contributed by atoms with Crippen molar-refractivity contribution in [2.75, 3.05) is 24.2 Å². The molecule has 18 heavy (non-hydrogen) atoms. The lowest BCUT2D eigenvalue weighted by Crippen LogP contribution is -2.42. The number of nitrogens with one attached hydrogen (secondary N) is 1. The van der Waals surface area contributed by atoms with Crippen LogP contribution in [-0.4, -0.2) is 30.5 Å². The highest BCUT2D eigenvalue weighted by atomic mass is 19.1. The van der Waals surface area contributed by atoms with Gasteiger partial charge in [0.2, 0.25) is 5.91 Å². The van der Waals surface area contributed by atoms with Crippen LogP contribution in [0.4, 0.5) is 20.4 Å². The third-order valence-electron chi connectivity index (χ3n) is 3.01. The molecule has 0 radical (unpaired) electrons. The van der Waals surface area contributed by atoms with Crippen LogP contribution in [0.25, 0.3) is 0 Å². The summed E-state index contributed by atoms with van der Waals surface area (Å²) in [7, 11) is 1.52. The van der Waals surface area contributed by atoms with Crippen molar-refractivity contribution in [3.05, 3.63) is 17.7 Å². The van der Waals surface area contributed by atoms with Gasteiger partial charge in [-0.15, -0.1) is 0 Å². The highest BCUT2D eigenvalue weighted by Crippen LogP contribution is 2.28. The lowest BCUT2D eigenvalue weighted by atomic mass is 10.2. The number of carbonyl (C=O) groups excluding carboxylic acids is 1. The molecule has 0 spiro atoms. The maximum absolute atomic E-state index is 13.7. The minimum Gasteiger partial charge on any atom is -0.381 e. The van der Waals surface area contributed by atoms with Gasteiger partial charge in [0.05, 0.1) is 0 Å². The van der Waals surface area contributed by atoms with Crippen molar-refractivity contribution >= 4 is 17.5 Å². The van der Waals surface area contributed by atoms with Gasteiger partial charge in [0.1, 0.15) is 6.04 Å². The van der Waals surface area contributed by atoms with E-state index >= 15 is 0 Å². The minimum absolute atomic E-state index is 0.0694. The first-order chi connectivity index (χ1) is 8.54. The van der Waals surface area contributed by atoms with Gasteiger partial charge in [-0.2, -0.15) is 0 Å². The Kier molecular flexibility index (Phi) is 3.31. The third-order valence-corrected chi connectivity index (χ3v) is 3.01. The number of carbonyl (C=O) groups is 1. The number of nitrogens with zero attached hydrogens (tertiary/aromatic N) is 2. The number of amides is 1. The SMILES string of the molecule is CNC(=O)C1CCCN1c1nc(N)c(F)cc1F. The minimum atomic E-state index is -0.896. The Morgan fingerprint density at radius 1 is 1.56 bits per heavy atom. The van der Waals surface area contributed by atoms with E-state index in [1.54, 1.807) is 0 Å². The Hall–Kier alpha value is -1.92. The molecule has 1 aromatic heterocycles. The van der Waals surface area contributed by atoms with Crippen molar-refractivity contribution in [1.29, 1.82) is 0 Å². The Labute approximate surface area is 103 Å². The summed E-state index contributed by atoms with van der Waals surface area (Å²) in [6, 6.07) is 0.207. The van der Waals surface area contributed by atoms with E-state index < -0.39 is 17.7 Å². The maximum Gasteiger partial charge on any atom is 0.242 e. The van der Waals surface area contributed by atoms with Crippen molar-refractivity contribution in [3.63, 3.8) is 0 Å². The van der Waals surface area contributed by atoms with Crippen LogP contribution in [0, 0.1) is 11.6 Å². The number of likely N-dealkylation sites (N-methyl/N-ethyl adjacent to an activating group) is 1. The molecule has 1 saturated heterocycles. The smallest absolute Gasteiger partial charge is 0.242 e. The molecule has 1 atom stereocenters. The first-order valence-corrected chi connectivity index (χ1v) is 5.64. The van der Waals surface area contributed by atoms with Gasteiger partial charge >= 0.3 is 0 Å². The molecule has 0 bridgehead atoms. The Morgan fingerprint density at radius 2 is 2.28 bits per heavy atom. The molecule has 1 aliphatic heterocycles. The van der Waals surface area contributed by atoms with E-state index in [1.807, 2.05) is 0 Å². The second-order valence-electron chi connectivity index (χ2n) is 4.13. The number of hydrogen-bond donors (Lipinski definition) is 2. The van der Waals surface area contributed by atoms with Crippen molar-refractivity contribution in [2.45, 2.75) is 18.9 Å². The predicted molar refractivity (Wildman–Crippen MR) is 63.0 cm³/mol. The van der Waals surface area contributed by atoms with Crippen LogP contribution in [0.15, 0.2) is 6.07 Å². The molecule has 1 aromatic rings. The quantitative estimate of drug-likeness (QED) is 0.815. The second kappa shape index (κ2) is 4.75. The fraction of sp³-hybridized carbons (Fsp3) is 0.455. The molecule has 0 aromatic carbocycles. The van der Waals surface area contributed by atoms with E-state index in [0.29, 0.717) is 19.0 Å². The average molecular weight is 256 g/mol. The van der Waals surface area contributed by atoms with Crippen LogP contribution in [0.3, 0.4) is 0 Å². The van der Waals surface area contributed by atoms with Gasteiger partial charge in [-0.05, 0) is 12.8 Å². The molecule has 98 valence electrons. The number of nitrogens with two attached hydrogens (primary N) is 1. The van der Waals surface area contributed by atoms with Crippen molar-refractivity contribution < 1.29 is 13.6 Å². The number of nitrogen functional groups attached to an aromatic ring is 1. The van der Waals surface area contributed by atoms with E-state index in [0.717, 1.165) is 6.42 Å². The van der Waals surface area contributed by atoms with Gasteiger partial charge < -0.3 is 16.0 Å². The molecule has 0 saturated carbocycles. The number of pyridine rings is 1. The summed E-state index contributed by atoms with van der Waals surface area (Å²) in [4.78, 5) is 16.9. The summed E-state index contributed by atoms with van der Waals surface area (Å²) >= 11 is 0. The van der Waals surface area contributed by atoms with Crippen molar-refractivity contribution in [2.24, 2.45) is 0 Å². The Balaban J connectivity index is 2.36. The van der Waals surface area contributed by atoms with Crippen molar-refractivity contribution in [1.82, 2.24) is 10.3 Å². The number of hydrogen-bond acceptors (Lipinski definition) is 4. The first kappa shape index (κ1) is 12.5. The zero-order valence-corrected chi connectivity index (χ0v) is 9.91. The fourth-order valence-corrected chi connectivity index (χ4v) is 2.13. The monoisotopic (exact) mass is 256 g/mol. The highest BCUT2D eigenvalue weighted by Gasteiger charge is 2.33. The van der Waals surface area contributed by atoms with Gasteiger partial charge in [0, 0.05) is 19.7 Å². The summed E-state index contributed by atoms with van der Waals surface area (Å²) in [5, 5.41) is 2.52. The summed E-state index contributed by atoms with van der Waals surface area (Å²) in [6.07, 6.45) is 1.36. The normalized spacial score (nSPS) is 19.1. The summed E-state index contributed by atoms with van der Waals surface area (Å²) in [6.45, 7) is 0.493. The molecule has 1 unspecified atom stereocenters. The maximum atomic E-state index is 13.7. The molecule has 1 amide bonds. The Bertz CT molecular complexity index is 480. The first-order valence-electron chi connectivity index (χ1n) is 5.64.